The van der Waals surface area contributed by atoms with Crippen LogP contribution in [-0.2, 0) is 0 Å². The number of carbonyl (C=O) groups excluding carboxylic acids is 2. The monoisotopic (exact) mass is 331 g/mol. The van der Waals surface area contributed by atoms with Crippen molar-refractivity contribution in [3.8, 4) is 0 Å². The van der Waals surface area contributed by atoms with Gasteiger partial charge in [0.05, 0.1) is 21.3 Å². The van der Waals surface area contributed by atoms with Crippen molar-refractivity contribution >= 4 is 40.3 Å². The summed E-state index contributed by atoms with van der Waals surface area (Å²) in [6.45, 7) is 0. The molecule has 0 bridgehead atoms. The smallest absolute Gasteiger partial charge is 0.210 e. The minimum atomic E-state index is -0.210. The lowest BCUT2D eigenvalue weighted by atomic mass is 9.84. The second kappa shape index (κ2) is 5.59. The van der Waals surface area contributed by atoms with Crippen molar-refractivity contribution in [2.75, 3.05) is 7.05 Å². The molecular formula is C17H11Cl2NO2. The molecule has 5 heteroatoms. The van der Waals surface area contributed by atoms with Gasteiger partial charge in [0, 0.05) is 18.2 Å². The van der Waals surface area contributed by atoms with E-state index in [1.54, 1.807) is 49.5 Å². The second-order valence-corrected chi connectivity index (χ2v) is 5.65. The molecule has 0 saturated carbocycles. The predicted molar refractivity (Wildman–Crippen MR) is 87.5 cm³/mol. The minimum absolute atomic E-state index is 0.209. The van der Waals surface area contributed by atoms with Crippen LogP contribution in [0.15, 0.2) is 48.2 Å². The number of hydrogen-bond donors (Lipinski definition) is 1. The maximum Gasteiger partial charge on any atom is 0.210 e. The van der Waals surface area contributed by atoms with E-state index in [1.807, 2.05) is 0 Å². The number of rotatable bonds is 2. The van der Waals surface area contributed by atoms with Gasteiger partial charge in [-0.3, -0.25) is 9.59 Å². The van der Waals surface area contributed by atoms with E-state index in [9.17, 15) is 9.59 Å². The van der Waals surface area contributed by atoms with Crippen molar-refractivity contribution < 1.29 is 9.59 Å². The minimum Gasteiger partial charge on any atom is -0.384 e. The predicted octanol–water partition coefficient (Wildman–Crippen LogP) is 4.00. The average Bonchev–Trinajstić information content (AvgIpc) is 2.53. The normalized spacial score (nSPS) is 14.1. The number of hydrogen-bond acceptors (Lipinski definition) is 3. The Hall–Kier alpha value is -2.10. The standard InChI is InChI=1S/C17H11Cl2NO2/c1-20-15-14(9-6-7-12(18)13(19)8-9)16(21)10-4-2-3-5-11(10)17(15)22/h2-8,20H,1H3. The van der Waals surface area contributed by atoms with E-state index in [2.05, 4.69) is 5.32 Å². The van der Waals surface area contributed by atoms with Gasteiger partial charge in [-0.2, -0.15) is 0 Å². The molecule has 2 aromatic carbocycles. The summed E-state index contributed by atoms with van der Waals surface area (Å²) in [4.78, 5) is 25.4. The van der Waals surface area contributed by atoms with E-state index in [0.29, 0.717) is 32.3 Å². The van der Waals surface area contributed by atoms with E-state index < -0.39 is 0 Å². The number of benzene rings is 2. The van der Waals surface area contributed by atoms with Gasteiger partial charge >= 0.3 is 0 Å². The number of allylic oxidation sites excluding steroid dienone is 2. The highest BCUT2D eigenvalue weighted by Gasteiger charge is 2.32. The van der Waals surface area contributed by atoms with Crippen LogP contribution in [0.5, 0.6) is 0 Å². The Morgan fingerprint density at radius 3 is 2.09 bits per heavy atom. The Labute approximate surface area is 137 Å². The third-order valence-corrected chi connectivity index (χ3v) is 4.32. The fourth-order valence-corrected chi connectivity index (χ4v) is 2.84. The molecule has 0 saturated heterocycles. The number of halogens is 2. The summed E-state index contributed by atoms with van der Waals surface area (Å²) in [7, 11) is 1.62. The molecule has 0 aliphatic heterocycles. The van der Waals surface area contributed by atoms with Gasteiger partial charge in [-0.05, 0) is 17.7 Å². The van der Waals surface area contributed by atoms with E-state index in [1.165, 1.54) is 0 Å². The van der Waals surface area contributed by atoms with Crippen molar-refractivity contribution in [1.82, 2.24) is 5.32 Å². The Kier molecular flexibility index (Phi) is 3.77. The summed E-state index contributed by atoms with van der Waals surface area (Å²) in [6, 6.07) is 11.7. The van der Waals surface area contributed by atoms with Crippen LogP contribution in [0.1, 0.15) is 26.3 Å². The second-order valence-electron chi connectivity index (χ2n) is 4.83. The molecule has 0 atom stereocenters. The first kappa shape index (κ1) is 14.8. The zero-order chi connectivity index (χ0) is 15.9. The summed E-state index contributed by atoms with van der Waals surface area (Å²) in [5.74, 6) is -0.420. The van der Waals surface area contributed by atoms with Crippen LogP contribution in [0.25, 0.3) is 5.57 Å². The van der Waals surface area contributed by atoms with Crippen molar-refractivity contribution in [3.05, 3.63) is 74.9 Å². The van der Waals surface area contributed by atoms with E-state index in [-0.39, 0.29) is 17.3 Å². The zero-order valence-corrected chi connectivity index (χ0v) is 13.1. The van der Waals surface area contributed by atoms with Crippen LogP contribution < -0.4 is 5.32 Å². The van der Waals surface area contributed by atoms with Crippen LogP contribution in [0.2, 0.25) is 10.0 Å². The molecule has 0 aromatic heterocycles. The number of likely N-dealkylation sites (N-methyl/N-ethyl adjacent to an activating group) is 1. The first-order valence-electron chi connectivity index (χ1n) is 6.60. The Bertz CT molecular complexity index is 840. The van der Waals surface area contributed by atoms with Gasteiger partial charge in [0.2, 0.25) is 5.78 Å². The van der Waals surface area contributed by atoms with E-state index in [4.69, 9.17) is 23.2 Å². The van der Waals surface area contributed by atoms with Gasteiger partial charge in [0.15, 0.2) is 5.78 Å². The van der Waals surface area contributed by atoms with Gasteiger partial charge < -0.3 is 5.32 Å². The van der Waals surface area contributed by atoms with Gasteiger partial charge in [-0.25, -0.2) is 0 Å². The van der Waals surface area contributed by atoms with Crippen LogP contribution >= 0.6 is 23.2 Å². The first-order chi connectivity index (χ1) is 10.5. The number of Topliss-reactive ketones (excluding diaryl/α,β-unsaturated/α-hetero) is 2. The van der Waals surface area contributed by atoms with Gasteiger partial charge in [0.1, 0.15) is 0 Å². The van der Waals surface area contributed by atoms with E-state index >= 15 is 0 Å². The number of carbonyl (C=O) groups is 2. The average molecular weight is 332 g/mol. The number of fused-ring (bicyclic) bond motifs is 1. The largest absolute Gasteiger partial charge is 0.384 e. The molecule has 1 aliphatic carbocycles. The Morgan fingerprint density at radius 2 is 1.50 bits per heavy atom. The molecule has 2 aromatic rings. The summed E-state index contributed by atoms with van der Waals surface area (Å²) in [5, 5.41) is 3.57. The van der Waals surface area contributed by atoms with Crippen molar-refractivity contribution in [2.45, 2.75) is 0 Å². The van der Waals surface area contributed by atoms with Crippen molar-refractivity contribution in [3.63, 3.8) is 0 Å². The maximum absolute atomic E-state index is 12.8. The highest BCUT2D eigenvalue weighted by atomic mass is 35.5. The molecule has 0 heterocycles. The van der Waals surface area contributed by atoms with E-state index in [0.717, 1.165) is 0 Å². The van der Waals surface area contributed by atoms with Crippen molar-refractivity contribution in [2.24, 2.45) is 0 Å². The molecule has 22 heavy (non-hydrogen) atoms. The lowest BCUT2D eigenvalue weighted by molar-refractivity contribution is 0.0986. The zero-order valence-electron chi connectivity index (χ0n) is 11.6. The Balaban J connectivity index is 2.26. The number of ketones is 2. The van der Waals surface area contributed by atoms with Crippen LogP contribution in [0.4, 0.5) is 0 Å². The van der Waals surface area contributed by atoms with Crippen molar-refractivity contribution in [1.29, 1.82) is 0 Å². The molecule has 0 fully saturated rings. The van der Waals surface area contributed by atoms with Crippen LogP contribution in [-0.4, -0.2) is 18.6 Å². The van der Waals surface area contributed by atoms with Gasteiger partial charge in [-0.1, -0.05) is 53.5 Å². The maximum atomic E-state index is 12.8. The molecule has 0 radical (unpaired) electrons. The van der Waals surface area contributed by atoms with Gasteiger partial charge in [0.25, 0.3) is 0 Å². The third-order valence-electron chi connectivity index (χ3n) is 3.58. The molecule has 3 rings (SSSR count). The fraction of sp³-hybridized carbons (Fsp3) is 0.0588. The fourth-order valence-electron chi connectivity index (χ4n) is 2.54. The first-order valence-corrected chi connectivity index (χ1v) is 7.36. The molecule has 1 N–H and O–H groups in total. The molecule has 0 spiro atoms. The molecule has 110 valence electrons. The highest BCUT2D eigenvalue weighted by molar-refractivity contribution is 6.43. The lowest BCUT2D eigenvalue weighted by Gasteiger charge is -2.21. The lowest BCUT2D eigenvalue weighted by Crippen LogP contribution is -2.27. The molecular weight excluding hydrogens is 321 g/mol. The summed E-state index contributed by atoms with van der Waals surface area (Å²) in [5.41, 5.74) is 1.94. The highest BCUT2D eigenvalue weighted by Crippen LogP contribution is 2.33. The molecule has 1 aliphatic rings. The summed E-state index contributed by atoms with van der Waals surface area (Å²) in [6.07, 6.45) is 0. The topological polar surface area (TPSA) is 46.2 Å². The summed E-state index contributed by atoms with van der Waals surface area (Å²) < 4.78 is 0. The third kappa shape index (κ3) is 2.23. The molecule has 0 amide bonds. The SMILES string of the molecule is CNC1=C(c2ccc(Cl)c(Cl)c2)C(=O)c2ccccc2C1=O. The number of nitrogens with one attached hydrogen (secondary N) is 1. The summed E-state index contributed by atoms with van der Waals surface area (Å²) >= 11 is 12.0. The Morgan fingerprint density at radius 1 is 0.864 bits per heavy atom. The van der Waals surface area contributed by atoms with Crippen LogP contribution in [0.3, 0.4) is 0 Å². The van der Waals surface area contributed by atoms with Gasteiger partial charge in [-0.15, -0.1) is 0 Å². The molecule has 3 nitrogen and oxygen atoms in total. The molecule has 0 unspecified atom stereocenters. The van der Waals surface area contributed by atoms with Crippen LogP contribution in [0, 0.1) is 0 Å². The quantitative estimate of drug-likeness (QED) is 0.904.